The maximum atomic E-state index is 12.7. The van der Waals surface area contributed by atoms with E-state index < -0.39 is 28.0 Å². The third-order valence-corrected chi connectivity index (χ3v) is 4.64. The Bertz CT molecular complexity index is 848. The number of rotatable bonds is 8. The summed E-state index contributed by atoms with van der Waals surface area (Å²) in [5.74, 6) is -2.14. The first-order valence-corrected chi connectivity index (χ1v) is 9.23. The van der Waals surface area contributed by atoms with E-state index in [2.05, 4.69) is 12.2 Å². The van der Waals surface area contributed by atoms with Crippen LogP contribution in [0.4, 0.5) is 5.69 Å². The number of amides is 1. The van der Waals surface area contributed by atoms with Crippen LogP contribution in [0.5, 0.6) is 11.5 Å². The summed E-state index contributed by atoms with van der Waals surface area (Å²) in [4.78, 5) is 24.2. The van der Waals surface area contributed by atoms with Gasteiger partial charge in [0, 0.05) is 31.7 Å². The van der Waals surface area contributed by atoms with Gasteiger partial charge < -0.3 is 25.2 Å². The second-order valence-corrected chi connectivity index (χ2v) is 6.76. The average molecular weight is 404 g/mol. The lowest BCUT2D eigenvalue weighted by molar-refractivity contribution is -0.386. The number of nitro groups is 1. The molecule has 1 amide bonds. The van der Waals surface area contributed by atoms with Crippen molar-refractivity contribution in [3.63, 3.8) is 0 Å². The summed E-state index contributed by atoms with van der Waals surface area (Å²) >= 11 is 0. The molecule has 0 aromatic heterocycles. The van der Waals surface area contributed by atoms with E-state index in [0.717, 1.165) is 31.2 Å². The van der Waals surface area contributed by atoms with E-state index in [9.17, 15) is 30.4 Å². The van der Waals surface area contributed by atoms with Gasteiger partial charge in [0.1, 0.15) is 11.6 Å². The molecule has 0 bridgehead atoms. The molecule has 156 valence electrons. The van der Waals surface area contributed by atoms with Gasteiger partial charge in [0.2, 0.25) is 5.75 Å². The summed E-state index contributed by atoms with van der Waals surface area (Å²) in [6, 6.07) is 4.20. The number of phenolic OH excluding ortho intramolecular Hbond substituents is 2. The lowest BCUT2D eigenvalue weighted by Crippen LogP contribution is -2.35. The van der Waals surface area contributed by atoms with Crippen LogP contribution in [-0.2, 0) is 9.53 Å². The lowest BCUT2D eigenvalue weighted by atomic mass is 10.1. The molecule has 10 heteroatoms. The van der Waals surface area contributed by atoms with Gasteiger partial charge >= 0.3 is 5.69 Å². The Morgan fingerprint density at radius 2 is 2.24 bits per heavy atom. The molecule has 0 saturated carbocycles. The van der Waals surface area contributed by atoms with Crippen LogP contribution in [0, 0.1) is 21.4 Å². The summed E-state index contributed by atoms with van der Waals surface area (Å²) in [5.41, 5.74) is -0.918. The molecule has 0 spiro atoms. The zero-order valence-corrected chi connectivity index (χ0v) is 16.3. The maximum Gasteiger partial charge on any atom is 0.315 e. The predicted octanol–water partition coefficient (Wildman–Crippen LogP) is 1.53. The molecule has 0 aliphatic carbocycles. The van der Waals surface area contributed by atoms with Crippen LogP contribution in [0.2, 0.25) is 0 Å². The number of hydrogen-bond donors (Lipinski definition) is 3. The summed E-state index contributed by atoms with van der Waals surface area (Å²) < 4.78 is 5.76. The molecule has 1 aliphatic heterocycles. The monoisotopic (exact) mass is 404 g/mol. The Labute approximate surface area is 168 Å². The highest BCUT2D eigenvalue weighted by Crippen LogP contribution is 2.36. The topological polar surface area (TPSA) is 149 Å². The molecule has 1 aromatic rings. The van der Waals surface area contributed by atoms with Crippen LogP contribution >= 0.6 is 0 Å². The quantitative estimate of drug-likeness (QED) is 0.194. The normalized spacial score (nSPS) is 19.0. The molecule has 0 unspecified atom stereocenters. The standard InChI is InChI=1S/C19H24N4O6/c1-3-22(4-5-29-15-6-12(2)21-11-15)19(26)14(10-20)7-13-8-16(23(27)28)18(25)17(24)9-13/h7-9,12,15,21,24-25H,3-6,11H2,1-2H3/b14-7+/t12-,15-/m1/s1. The smallest absolute Gasteiger partial charge is 0.315 e. The van der Waals surface area contributed by atoms with Gasteiger partial charge in [-0.05, 0) is 38.0 Å². The molecule has 1 fully saturated rings. The van der Waals surface area contributed by atoms with Crippen molar-refractivity contribution in [1.29, 1.82) is 5.26 Å². The molecule has 1 saturated heterocycles. The number of ether oxygens (including phenoxy) is 1. The Morgan fingerprint density at radius 3 is 2.79 bits per heavy atom. The van der Waals surface area contributed by atoms with E-state index in [4.69, 9.17) is 4.74 Å². The van der Waals surface area contributed by atoms with Gasteiger partial charge in [-0.15, -0.1) is 0 Å². The first-order chi connectivity index (χ1) is 13.8. The van der Waals surface area contributed by atoms with Crippen LogP contribution < -0.4 is 5.32 Å². The van der Waals surface area contributed by atoms with E-state index in [0.29, 0.717) is 25.7 Å². The van der Waals surface area contributed by atoms with Crippen molar-refractivity contribution in [2.24, 2.45) is 0 Å². The van der Waals surface area contributed by atoms with Crippen molar-refractivity contribution in [2.45, 2.75) is 32.4 Å². The maximum absolute atomic E-state index is 12.7. The third-order valence-electron chi connectivity index (χ3n) is 4.64. The second kappa shape index (κ2) is 9.86. The first-order valence-electron chi connectivity index (χ1n) is 9.23. The highest BCUT2D eigenvalue weighted by molar-refractivity contribution is 6.01. The number of aromatic hydroxyl groups is 2. The first kappa shape index (κ1) is 22.1. The number of carbonyl (C=O) groups excluding carboxylic acids is 1. The van der Waals surface area contributed by atoms with Gasteiger partial charge in [0.05, 0.1) is 17.6 Å². The minimum Gasteiger partial charge on any atom is -0.504 e. The molecule has 29 heavy (non-hydrogen) atoms. The molecule has 1 aliphatic rings. The van der Waals surface area contributed by atoms with E-state index >= 15 is 0 Å². The largest absolute Gasteiger partial charge is 0.504 e. The molecule has 1 aromatic carbocycles. The van der Waals surface area contributed by atoms with Crippen molar-refractivity contribution in [3.05, 3.63) is 33.4 Å². The zero-order chi connectivity index (χ0) is 21.6. The molecular formula is C19H24N4O6. The van der Waals surface area contributed by atoms with Crippen LogP contribution in [0.3, 0.4) is 0 Å². The second-order valence-electron chi connectivity index (χ2n) is 6.76. The Kier molecular flexibility index (Phi) is 7.52. The van der Waals surface area contributed by atoms with Gasteiger partial charge in [0.25, 0.3) is 5.91 Å². The molecule has 0 radical (unpaired) electrons. The third kappa shape index (κ3) is 5.66. The highest BCUT2D eigenvalue weighted by atomic mass is 16.6. The van der Waals surface area contributed by atoms with Crippen molar-refractivity contribution in [3.8, 4) is 17.6 Å². The number of likely N-dealkylation sites (N-methyl/N-ethyl adjacent to an activating group) is 1. The lowest BCUT2D eigenvalue weighted by Gasteiger charge is -2.21. The van der Waals surface area contributed by atoms with Crippen molar-refractivity contribution in [2.75, 3.05) is 26.2 Å². The Morgan fingerprint density at radius 1 is 1.52 bits per heavy atom. The number of nitrogens with one attached hydrogen (secondary N) is 1. The molecule has 10 nitrogen and oxygen atoms in total. The molecular weight excluding hydrogens is 380 g/mol. The molecule has 1 heterocycles. The average Bonchev–Trinajstić information content (AvgIpc) is 3.10. The van der Waals surface area contributed by atoms with E-state index in [1.807, 2.05) is 0 Å². The minimum absolute atomic E-state index is 0.0511. The summed E-state index contributed by atoms with van der Waals surface area (Å²) in [6.07, 6.45) is 2.12. The molecule has 3 N–H and O–H groups in total. The van der Waals surface area contributed by atoms with Gasteiger partial charge in [-0.2, -0.15) is 5.26 Å². The fraction of sp³-hybridized carbons (Fsp3) is 0.474. The number of phenols is 2. The Balaban J connectivity index is 2.11. The fourth-order valence-corrected chi connectivity index (χ4v) is 3.08. The number of carbonyl (C=O) groups is 1. The van der Waals surface area contributed by atoms with Crippen LogP contribution in [0.1, 0.15) is 25.8 Å². The molecule has 2 atom stereocenters. The summed E-state index contributed by atoms with van der Waals surface area (Å²) in [6.45, 7) is 5.56. The Hall–Kier alpha value is -3.16. The summed E-state index contributed by atoms with van der Waals surface area (Å²) in [7, 11) is 0. The van der Waals surface area contributed by atoms with Gasteiger partial charge in [-0.3, -0.25) is 14.9 Å². The van der Waals surface area contributed by atoms with Crippen molar-refractivity contribution >= 4 is 17.7 Å². The number of hydrogen-bond acceptors (Lipinski definition) is 8. The van der Waals surface area contributed by atoms with E-state index in [1.54, 1.807) is 13.0 Å². The zero-order valence-electron chi connectivity index (χ0n) is 16.3. The predicted molar refractivity (Wildman–Crippen MR) is 104 cm³/mol. The van der Waals surface area contributed by atoms with Gasteiger partial charge in [0.15, 0.2) is 5.75 Å². The van der Waals surface area contributed by atoms with Crippen LogP contribution in [0.25, 0.3) is 6.08 Å². The van der Waals surface area contributed by atoms with Gasteiger partial charge in [-0.1, -0.05) is 0 Å². The SMILES string of the molecule is CCN(CCO[C@H]1CN[C@H](C)C1)C(=O)/C(C#N)=C/c1cc(O)c(O)c([N+](=O)[O-])c1. The van der Waals surface area contributed by atoms with Crippen LogP contribution in [-0.4, -0.2) is 64.3 Å². The molecule has 2 rings (SSSR count). The number of nitriles is 1. The minimum atomic E-state index is -0.875. The van der Waals surface area contributed by atoms with Crippen LogP contribution in [0.15, 0.2) is 17.7 Å². The van der Waals surface area contributed by atoms with Crippen molar-refractivity contribution < 1.29 is 24.7 Å². The van der Waals surface area contributed by atoms with Crippen molar-refractivity contribution in [1.82, 2.24) is 10.2 Å². The van der Waals surface area contributed by atoms with E-state index in [1.165, 1.54) is 4.90 Å². The van der Waals surface area contributed by atoms with E-state index in [-0.39, 0.29) is 17.2 Å². The summed E-state index contributed by atoms with van der Waals surface area (Å²) in [5, 5.41) is 42.8. The number of benzene rings is 1. The number of nitro benzene ring substituents is 1. The number of nitrogens with zero attached hydrogens (tertiary/aromatic N) is 3. The fourth-order valence-electron chi connectivity index (χ4n) is 3.08. The highest BCUT2D eigenvalue weighted by Gasteiger charge is 2.23. The van der Waals surface area contributed by atoms with Gasteiger partial charge in [-0.25, -0.2) is 0 Å².